The van der Waals surface area contributed by atoms with Gasteiger partial charge in [-0.3, -0.25) is 14.5 Å². The van der Waals surface area contributed by atoms with Crippen molar-refractivity contribution in [2.75, 3.05) is 25.7 Å². The maximum atomic E-state index is 14.7. The summed E-state index contributed by atoms with van der Waals surface area (Å²) in [5, 5.41) is 11.7. The molecule has 1 unspecified atom stereocenters. The number of carbonyl (C=O) groups is 2. The van der Waals surface area contributed by atoms with Crippen molar-refractivity contribution in [3.8, 4) is 23.0 Å². The van der Waals surface area contributed by atoms with E-state index in [2.05, 4.69) is 44.3 Å². The molecule has 5 atom stereocenters. The number of para-hydroxylation sites is 3. The van der Waals surface area contributed by atoms with Crippen LogP contribution in [0.4, 0.5) is 11.4 Å². The zero-order valence-electron chi connectivity index (χ0n) is 32.5. The zero-order valence-corrected chi connectivity index (χ0v) is 33.5. The number of hydrogen-bond acceptors (Lipinski definition) is 7. The highest BCUT2D eigenvalue weighted by molar-refractivity contribution is 6.91. The van der Waals surface area contributed by atoms with Crippen LogP contribution in [-0.2, 0) is 22.5 Å². The van der Waals surface area contributed by atoms with Crippen molar-refractivity contribution in [2.45, 2.75) is 63.2 Å². The first-order valence-corrected chi connectivity index (χ1v) is 22.4. The Labute approximate surface area is 329 Å². The Bertz CT molecular complexity index is 2260. The van der Waals surface area contributed by atoms with Crippen LogP contribution < -0.4 is 24.3 Å². The maximum Gasteiger partial charge on any atom is 0.266 e. The van der Waals surface area contributed by atoms with Crippen molar-refractivity contribution in [3.05, 3.63) is 138 Å². The second-order valence-electron chi connectivity index (χ2n) is 15.6. The Hall–Kier alpha value is -5.42. The minimum Gasteiger partial charge on any atom is -0.497 e. The number of fused-ring (bicyclic) bond motifs is 4. The average molecular weight is 769 g/mol. The number of hydrogen-bond donors (Lipinski definition) is 1. The summed E-state index contributed by atoms with van der Waals surface area (Å²) in [6.07, 6.45) is 0.0923. The minimum absolute atomic E-state index is 0.00407. The molecule has 0 aliphatic carbocycles. The molecule has 3 aliphatic heterocycles. The summed E-state index contributed by atoms with van der Waals surface area (Å²) in [5.74, 6) is 2.15. The molecular weight excluding hydrogens is 721 g/mol. The van der Waals surface area contributed by atoms with Crippen LogP contribution in [-0.4, -0.2) is 62.9 Å². The summed E-state index contributed by atoms with van der Waals surface area (Å²) in [6, 6.07) is 36.7. The van der Waals surface area contributed by atoms with Gasteiger partial charge in [0.15, 0.2) is 5.75 Å². The summed E-state index contributed by atoms with van der Waals surface area (Å²) in [6.45, 7) is 7.10. The second-order valence-corrected chi connectivity index (χ2v) is 20.4. The van der Waals surface area contributed by atoms with Crippen LogP contribution in [0.1, 0.15) is 46.5 Å². The Morgan fingerprint density at radius 1 is 0.875 bits per heavy atom. The Balaban J connectivity index is 1.17. The molecule has 288 valence electrons. The third kappa shape index (κ3) is 6.65. The molecule has 3 heterocycles. The SMILES string of the molecule is COc1ccc([Si](C)(C)C(CC(=O)N2Cc3ccccc3C[C@H]2CO)[C@H]2Oc3ccc(N4C(=O)c5ccccc5Oc5ccccc54)cc3[C@@H](OC)[C@@H]2C)cc1. The third-order valence-corrected chi connectivity index (χ3v) is 16.4. The van der Waals surface area contributed by atoms with Gasteiger partial charge >= 0.3 is 0 Å². The van der Waals surface area contributed by atoms with Crippen molar-refractivity contribution in [1.82, 2.24) is 4.90 Å². The monoisotopic (exact) mass is 768 g/mol. The molecule has 5 aromatic rings. The lowest BCUT2D eigenvalue weighted by atomic mass is 9.86. The highest BCUT2D eigenvalue weighted by atomic mass is 28.3. The molecule has 0 aromatic heterocycles. The number of nitrogens with zero attached hydrogens (tertiary/aromatic N) is 2. The molecule has 3 aliphatic rings. The van der Waals surface area contributed by atoms with Gasteiger partial charge in [0.05, 0.1) is 50.9 Å². The van der Waals surface area contributed by atoms with Crippen LogP contribution in [0.5, 0.6) is 23.0 Å². The van der Waals surface area contributed by atoms with Crippen LogP contribution in [0.3, 0.4) is 0 Å². The van der Waals surface area contributed by atoms with E-state index >= 15 is 0 Å². The van der Waals surface area contributed by atoms with Crippen molar-refractivity contribution >= 4 is 36.4 Å². The topological polar surface area (TPSA) is 97.8 Å². The van der Waals surface area contributed by atoms with E-state index in [4.69, 9.17) is 18.9 Å². The van der Waals surface area contributed by atoms with Gasteiger partial charge in [-0.1, -0.05) is 85.9 Å². The quantitative estimate of drug-likeness (QED) is 0.151. The summed E-state index contributed by atoms with van der Waals surface area (Å²) >= 11 is 0. The fourth-order valence-corrected chi connectivity index (χ4v) is 12.3. The lowest BCUT2D eigenvalue weighted by molar-refractivity contribution is -0.136. The number of anilines is 2. The zero-order chi connectivity index (χ0) is 39.1. The second kappa shape index (κ2) is 15.3. The summed E-state index contributed by atoms with van der Waals surface area (Å²) in [5.41, 5.74) is 4.71. The summed E-state index contributed by atoms with van der Waals surface area (Å²) in [7, 11) is 0.861. The van der Waals surface area contributed by atoms with Crippen LogP contribution >= 0.6 is 0 Å². The van der Waals surface area contributed by atoms with Crippen molar-refractivity contribution in [1.29, 1.82) is 0 Å². The van der Waals surface area contributed by atoms with E-state index in [9.17, 15) is 14.7 Å². The van der Waals surface area contributed by atoms with E-state index in [0.29, 0.717) is 47.2 Å². The Morgan fingerprint density at radius 2 is 1.57 bits per heavy atom. The minimum atomic E-state index is -2.51. The molecule has 5 aromatic carbocycles. The van der Waals surface area contributed by atoms with Gasteiger partial charge in [0.25, 0.3) is 5.91 Å². The number of ether oxygens (including phenoxy) is 4. The number of amides is 2. The molecule has 9 nitrogen and oxygen atoms in total. The van der Waals surface area contributed by atoms with Crippen LogP contribution in [0, 0.1) is 5.92 Å². The Kier molecular flexibility index (Phi) is 10.2. The lowest BCUT2D eigenvalue weighted by Gasteiger charge is -2.46. The van der Waals surface area contributed by atoms with Gasteiger partial charge in [-0.2, -0.15) is 0 Å². The number of methoxy groups -OCH3 is 2. The molecule has 8 rings (SSSR count). The molecule has 0 bridgehead atoms. The maximum absolute atomic E-state index is 14.7. The highest BCUT2D eigenvalue weighted by Crippen LogP contribution is 2.50. The van der Waals surface area contributed by atoms with E-state index in [-0.39, 0.29) is 48.4 Å². The van der Waals surface area contributed by atoms with Gasteiger partial charge in [-0.15, -0.1) is 0 Å². The predicted molar refractivity (Wildman–Crippen MR) is 219 cm³/mol. The number of carbonyl (C=O) groups excluding carboxylic acids is 2. The van der Waals surface area contributed by atoms with Gasteiger partial charge < -0.3 is 29.0 Å². The molecular formula is C46H48N2O7Si. The lowest BCUT2D eigenvalue weighted by Crippen LogP contribution is -2.56. The fourth-order valence-electron chi connectivity index (χ4n) is 8.93. The first-order chi connectivity index (χ1) is 27.1. The predicted octanol–water partition coefficient (Wildman–Crippen LogP) is 8.19. The molecule has 0 saturated carbocycles. The average Bonchev–Trinajstić information content (AvgIpc) is 3.35. The highest BCUT2D eigenvalue weighted by Gasteiger charge is 2.49. The van der Waals surface area contributed by atoms with E-state index in [1.54, 1.807) is 25.2 Å². The van der Waals surface area contributed by atoms with Crippen molar-refractivity contribution in [3.63, 3.8) is 0 Å². The van der Waals surface area contributed by atoms with E-state index in [1.165, 1.54) is 10.8 Å². The molecule has 2 amide bonds. The smallest absolute Gasteiger partial charge is 0.266 e. The van der Waals surface area contributed by atoms with E-state index in [1.807, 2.05) is 89.8 Å². The Morgan fingerprint density at radius 3 is 2.30 bits per heavy atom. The first kappa shape index (κ1) is 37.5. The molecule has 0 spiro atoms. The van der Waals surface area contributed by atoms with Gasteiger partial charge in [0.2, 0.25) is 5.91 Å². The number of aliphatic hydroxyl groups is 1. The summed E-state index contributed by atoms with van der Waals surface area (Å²) in [4.78, 5) is 32.5. The third-order valence-electron chi connectivity index (χ3n) is 12.2. The standard InChI is InChI=1S/C46H48N2O7Si/c1-29-44(53-3)37-25-32(48-38-15-9-11-17-41(38)54-39-16-10-8-14-36(39)46(48)51)18-23-40(37)55-45(29)42(56(4,5)35-21-19-34(52-2)20-22-35)26-43(50)47-27-31-13-7-6-12-30(31)24-33(47)28-49/h6-23,25,29,33,42,44-45,49H,24,26-28H2,1-5H3/t29-,33-,42?,44-,45-/m0/s1. The summed E-state index contributed by atoms with van der Waals surface area (Å²) < 4.78 is 25.2. The van der Waals surface area contributed by atoms with Gasteiger partial charge in [-0.25, -0.2) is 0 Å². The number of benzene rings is 5. The first-order valence-electron chi connectivity index (χ1n) is 19.3. The molecule has 10 heteroatoms. The molecule has 0 fully saturated rings. The van der Waals surface area contributed by atoms with Gasteiger partial charge in [0, 0.05) is 37.1 Å². The van der Waals surface area contributed by atoms with Crippen molar-refractivity contribution < 1.29 is 33.6 Å². The van der Waals surface area contributed by atoms with Crippen LogP contribution in [0.15, 0.2) is 115 Å². The van der Waals surface area contributed by atoms with Gasteiger partial charge in [0.1, 0.15) is 23.4 Å². The number of rotatable bonds is 9. The van der Waals surface area contributed by atoms with Crippen molar-refractivity contribution in [2.24, 2.45) is 5.92 Å². The number of aliphatic hydroxyl groups excluding tert-OH is 1. The molecule has 1 N–H and O–H groups in total. The molecule has 0 radical (unpaired) electrons. The van der Waals surface area contributed by atoms with Crippen LogP contribution in [0.2, 0.25) is 18.6 Å². The molecule has 0 saturated heterocycles. The van der Waals surface area contributed by atoms with E-state index in [0.717, 1.165) is 16.9 Å². The van der Waals surface area contributed by atoms with Crippen LogP contribution in [0.25, 0.3) is 0 Å². The molecule has 56 heavy (non-hydrogen) atoms. The van der Waals surface area contributed by atoms with Gasteiger partial charge in [-0.05, 0) is 72.1 Å². The fraction of sp³-hybridized carbons (Fsp3) is 0.304. The largest absolute Gasteiger partial charge is 0.497 e. The van der Waals surface area contributed by atoms with E-state index < -0.39 is 14.2 Å². The normalized spacial score (nSPS) is 20.6.